The van der Waals surface area contributed by atoms with Crippen LogP contribution in [0.3, 0.4) is 0 Å². The van der Waals surface area contributed by atoms with Gasteiger partial charge in [0.2, 0.25) is 0 Å². The van der Waals surface area contributed by atoms with Crippen LogP contribution in [0, 0.1) is 0 Å². The van der Waals surface area contributed by atoms with E-state index >= 15 is 0 Å². The van der Waals surface area contributed by atoms with Crippen LogP contribution < -0.4 is 5.32 Å². The maximum atomic E-state index is 12.6. The van der Waals surface area contributed by atoms with Crippen LogP contribution in [0.15, 0.2) is 24.3 Å². The number of hydrogen-bond acceptors (Lipinski definition) is 3. The van der Waals surface area contributed by atoms with Crippen molar-refractivity contribution >= 4 is 5.78 Å². The van der Waals surface area contributed by atoms with Crippen LogP contribution in [0.25, 0.3) is 0 Å². The monoisotopic (exact) mass is 301 g/mol. The van der Waals surface area contributed by atoms with Crippen molar-refractivity contribution < 1.29 is 23.1 Å². The van der Waals surface area contributed by atoms with E-state index in [1.165, 1.54) is 19.1 Å². The summed E-state index contributed by atoms with van der Waals surface area (Å²) in [7, 11) is 1.58. The van der Waals surface area contributed by atoms with E-state index in [2.05, 4.69) is 5.32 Å². The fraction of sp³-hybridized carbons (Fsp3) is 0.533. The van der Waals surface area contributed by atoms with Gasteiger partial charge in [-0.05, 0) is 50.9 Å². The van der Waals surface area contributed by atoms with Gasteiger partial charge in [-0.25, -0.2) is 0 Å². The lowest BCUT2D eigenvalue weighted by atomic mass is 9.69. The first-order chi connectivity index (χ1) is 9.63. The largest absolute Gasteiger partial charge is 0.416 e. The minimum atomic E-state index is -4.41. The molecule has 1 aromatic carbocycles. The molecule has 21 heavy (non-hydrogen) atoms. The quantitative estimate of drug-likeness (QED) is 0.883. The second-order valence-corrected chi connectivity index (χ2v) is 5.69. The SMILES string of the molecule is CN[C@]1(c2ccc(C(F)(F)F)cc2)CCC[C@](C)(O)C1=O. The molecule has 0 saturated heterocycles. The third-order valence-electron chi connectivity index (χ3n) is 4.22. The number of benzene rings is 1. The molecule has 116 valence electrons. The van der Waals surface area contributed by atoms with E-state index < -0.39 is 28.7 Å². The summed E-state index contributed by atoms with van der Waals surface area (Å²) in [6.07, 6.45) is -2.99. The normalized spacial score (nSPS) is 30.5. The second kappa shape index (κ2) is 5.10. The van der Waals surface area contributed by atoms with Crippen LogP contribution in [-0.2, 0) is 16.5 Å². The number of rotatable bonds is 2. The first-order valence-corrected chi connectivity index (χ1v) is 6.77. The van der Waals surface area contributed by atoms with Gasteiger partial charge in [0.1, 0.15) is 11.1 Å². The van der Waals surface area contributed by atoms with Crippen LogP contribution in [0.5, 0.6) is 0 Å². The van der Waals surface area contributed by atoms with Crippen molar-refractivity contribution in [2.45, 2.75) is 43.5 Å². The number of carbonyl (C=O) groups is 1. The molecule has 6 heteroatoms. The van der Waals surface area contributed by atoms with Crippen molar-refractivity contribution in [1.29, 1.82) is 0 Å². The minimum absolute atomic E-state index is 0.357. The summed E-state index contributed by atoms with van der Waals surface area (Å²) < 4.78 is 37.8. The number of Topliss-reactive ketones (excluding diaryl/α,β-unsaturated/α-hetero) is 1. The molecule has 2 rings (SSSR count). The lowest BCUT2D eigenvalue weighted by Crippen LogP contribution is -2.59. The zero-order valence-electron chi connectivity index (χ0n) is 11.9. The summed E-state index contributed by atoms with van der Waals surface area (Å²) in [4.78, 5) is 12.5. The summed E-state index contributed by atoms with van der Waals surface area (Å²) in [6.45, 7) is 1.45. The van der Waals surface area contributed by atoms with E-state index in [0.717, 1.165) is 12.1 Å². The Labute approximate surface area is 121 Å². The fourth-order valence-corrected chi connectivity index (χ4v) is 2.99. The number of nitrogens with one attached hydrogen (secondary N) is 1. The molecule has 1 aliphatic carbocycles. The fourth-order valence-electron chi connectivity index (χ4n) is 2.99. The van der Waals surface area contributed by atoms with Gasteiger partial charge in [0.15, 0.2) is 5.78 Å². The Morgan fingerprint density at radius 1 is 1.19 bits per heavy atom. The highest BCUT2D eigenvalue weighted by Gasteiger charge is 2.50. The molecule has 2 N–H and O–H groups in total. The van der Waals surface area contributed by atoms with E-state index in [-0.39, 0.29) is 0 Å². The number of halogens is 3. The molecular weight excluding hydrogens is 283 g/mol. The van der Waals surface area contributed by atoms with Crippen LogP contribution in [0.2, 0.25) is 0 Å². The van der Waals surface area contributed by atoms with Gasteiger partial charge in [-0.15, -0.1) is 0 Å². The molecule has 0 aromatic heterocycles. The average molecular weight is 301 g/mol. The van der Waals surface area contributed by atoms with Gasteiger partial charge in [0.05, 0.1) is 5.56 Å². The molecular formula is C15H18F3NO2. The molecule has 1 fully saturated rings. The van der Waals surface area contributed by atoms with Gasteiger partial charge >= 0.3 is 6.18 Å². The molecule has 0 radical (unpaired) electrons. The predicted octanol–water partition coefficient (Wildman–Crippen LogP) is 2.62. The topological polar surface area (TPSA) is 49.3 Å². The van der Waals surface area contributed by atoms with E-state index in [1.54, 1.807) is 7.05 Å². The Hall–Kier alpha value is -1.40. The Bertz CT molecular complexity index is 537. The molecule has 3 nitrogen and oxygen atoms in total. The predicted molar refractivity (Wildman–Crippen MR) is 71.7 cm³/mol. The Balaban J connectivity index is 2.44. The van der Waals surface area contributed by atoms with Crippen molar-refractivity contribution in [1.82, 2.24) is 5.32 Å². The summed E-state index contributed by atoms with van der Waals surface area (Å²) in [5.74, 6) is -0.400. The van der Waals surface area contributed by atoms with Crippen molar-refractivity contribution in [3.8, 4) is 0 Å². The number of alkyl halides is 3. The number of hydrogen-bond donors (Lipinski definition) is 2. The first kappa shape index (κ1) is 16.0. The van der Waals surface area contributed by atoms with Crippen molar-refractivity contribution in [3.05, 3.63) is 35.4 Å². The molecule has 1 saturated carbocycles. The number of carbonyl (C=O) groups excluding carboxylic acids is 1. The smallest absolute Gasteiger partial charge is 0.382 e. The van der Waals surface area contributed by atoms with E-state index in [0.29, 0.717) is 24.8 Å². The number of likely N-dealkylation sites (N-methyl/N-ethyl adjacent to an activating group) is 1. The highest BCUT2D eigenvalue weighted by Crippen LogP contribution is 2.39. The summed E-state index contributed by atoms with van der Waals surface area (Å²) >= 11 is 0. The van der Waals surface area contributed by atoms with E-state index in [1.807, 2.05) is 0 Å². The molecule has 2 atom stereocenters. The van der Waals surface area contributed by atoms with E-state index in [4.69, 9.17) is 0 Å². The van der Waals surface area contributed by atoms with Crippen molar-refractivity contribution in [3.63, 3.8) is 0 Å². The highest BCUT2D eigenvalue weighted by atomic mass is 19.4. The third kappa shape index (κ3) is 2.70. The molecule has 0 aliphatic heterocycles. The van der Waals surface area contributed by atoms with Crippen LogP contribution >= 0.6 is 0 Å². The summed E-state index contributed by atoms with van der Waals surface area (Å²) in [5, 5.41) is 13.1. The maximum Gasteiger partial charge on any atom is 0.416 e. The van der Waals surface area contributed by atoms with Crippen LogP contribution in [-0.4, -0.2) is 23.5 Å². The number of ketones is 1. The molecule has 0 unspecified atom stereocenters. The molecule has 0 amide bonds. The Morgan fingerprint density at radius 3 is 2.24 bits per heavy atom. The molecule has 0 bridgehead atoms. The Morgan fingerprint density at radius 2 is 1.76 bits per heavy atom. The second-order valence-electron chi connectivity index (χ2n) is 5.69. The molecule has 1 aliphatic rings. The van der Waals surface area contributed by atoms with Crippen LogP contribution in [0.1, 0.15) is 37.3 Å². The van der Waals surface area contributed by atoms with Gasteiger partial charge in [0.25, 0.3) is 0 Å². The van der Waals surface area contributed by atoms with Gasteiger partial charge in [-0.2, -0.15) is 13.2 Å². The lowest BCUT2D eigenvalue weighted by molar-refractivity contribution is -0.148. The summed E-state index contributed by atoms with van der Waals surface area (Å²) in [5.41, 5.74) is -2.91. The minimum Gasteiger partial charge on any atom is -0.382 e. The van der Waals surface area contributed by atoms with E-state index in [9.17, 15) is 23.1 Å². The average Bonchev–Trinajstić information content (AvgIpc) is 2.41. The van der Waals surface area contributed by atoms with Crippen molar-refractivity contribution in [2.75, 3.05) is 7.05 Å². The Kier molecular flexibility index (Phi) is 3.88. The number of aliphatic hydroxyl groups is 1. The van der Waals surface area contributed by atoms with Gasteiger partial charge in [-0.3, -0.25) is 4.79 Å². The van der Waals surface area contributed by atoms with Gasteiger partial charge in [0, 0.05) is 0 Å². The standard InChI is InChI=1S/C15H18F3NO2/c1-13(21)8-3-9-14(19-2,12(13)20)10-4-6-11(7-5-10)15(16,17)18/h4-7,19,21H,3,8-9H2,1-2H3/t13-,14-/m0/s1. The lowest BCUT2D eigenvalue weighted by Gasteiger charge is -2.42. The van der Waals surface area contributed by atoms with Gasteiger partial charge < -0.3 is 10.4 Å². The summed E-state index contributed by atoms with van der Waals surface area (Å²) in [6, 6.07) is 4.54. The van der Waals surface area contributed by atoms with Gasteiger partial charge in [-0.1, -0.05) is 12.1 Å². The zero-order chi connectivity index (χ0) is 15.9. The molecule has 0 heterocycles. The molecule has 0 spiro atoms. The first-order valence-electron chi connectivity index (χ1n) is 6.77. The zero-order valence-corrected chi connectivity index (χ0v) is 11.9. The molecule has 1 aromatic rings. The third-order valence-corrected chi connectivity index (χ3v) is 4.22. The maximum absolute atomic E-state index is 12.6. The van der Waals surface area contributed by atoms with Crippen molar-refractivity contribution in [2.24, 2.45) is 0 Å². The highest BCUT2D eigenvalue weighted by molar-refractivity contribution is 5.96. The van der Waals surface area contributed by atoms with Crippen LogP contribution in [0.4, 0.5) is 13.2 Å².